The van der Waals surface area contributed by atoms with Crippen LogP contribution in [-0.4, -0.2) is 47.5 Å². The molecule has 2 N–H and O–H groups in total. The zero-order valence-electron chi connectivity index (χ0n) is 16.0. The molecule has 0 atom stereocenters. The van der Waals surface area contributed by atoms with E-state index in [-0.39, 0.29) is 11.8 Å². The first-order chi connectivity index (χ1) is 13.7. The molecular formula is C22H27N3O2S. The average molecular weight is 398 g/mol. The molecule has 28 heavy (non-hydrogen) atoms. The number of benzene rings is 2. The number of hydrogen-bond acceptors (Lipinski definition) is 4. The number of phenolic OH excluding ortho intramolecular Hbond substituents is 1. The highest BCUT2D eigenvalue weighted by atomic mass is 32.2. The Hall–Kier alpha value is -2.34. The van der Waals surface area contributed by atoms with E-state index in [9.17, 15) is 9.90 Å². The smallest absolute Gasteiger partial charge is 0.321 e. The standard InChI is InChI=1S/C22H27N3O2S/c26-19-5-3-4-18(16-19)24-12-14-25(15-13-24)22(27)23-17-8-10-21(11-9-17)28-20-6-1-2-7-20/h3-5,8-11,16,20,26H,1-2,6-7,12-15H2,(H,23,27). The van der Waals surface area contributed by atoms with E-state index >= 15 is 0 Å². The third kappa shape index (κ3) is 4.73. The van der Waals surface area contributed by atoms with Crippen molar-refractivity contribution in [3.05, 3.63) is 48.5 Å². The second-order valence-electron chi connectivity index (χ2n) is 7.47. The van der Waals surface area contributed by atoms with Crippen LogP contribution >= 0.6 is 11.8 Å². The lowest BCUT2D eigenvalue weighted by molar-refractivity contribution is 0.208. The topological polar surface area (TPSA) is 55.8 Å². The Bertz CT molecular complexity index is 798. The molecule has 2 aromatic carbocycles. The van der Waals surface area contributed by atoms with Gasteiger partial charge in [0.1, 0.15) is 5.75 Å². The fraction of sp³-hybridized carbons (Fsp3) is 0.409. The Balaban J connectivity index is 1.27. The highest BCUT2D eigenvalue weighted by molar-refractivity contribution is 8.00. The quantitative estimate of drug-likeness (QED) is 0.779. The van der Waals surface area contributed by atoms with Gasteiger partial charge in [0.15, 0.2) is 0 Å². The summed E-state index contributed by atoms with van der Waals surface area (Å²) < 4.78 is 0. The number of piperazine rings is 1. The van der Waals surface area contributed by atoms with Gasteiger partial charge in [-0.15, -0.1) is 11.8 Å². The first-order valence-electron chi connectivity index (χ1n) is 10.0. The molecule has 1 aliphatic carbocycles. The van der Waals surface area contributed by atoms with E-state index < -0.39 is 0 Å². The number of thioether (sulfide) groups is 1. The predicted octanol–water partition coefficient (Wildman–Crippen LogP) is 4.78. The van der Waals surface area contributed by atoms with E-state index in [4.69, 9.17) is 0 Å². The second-order valence-corrected chi connectivity index (χ2v) is 8.85. The Kier molecular flexibility index (Phi) is 5.95. The maximum Gasteiger partial charge on any atom is 0.321 e. The highest BCUT2D eigenvalue weighted by Gasteiger charge is 2.21. The van der Waals surface area contributed by atoms with Crippen molar-refractivity contribution < 1.29 is 9.90 Å². The largest absolute Gasteiger partial charge is 0.508 e. The molecule has 2 aromatic rings. The monoisotopic (exact) mass is 397 g/mol. The molecule has 0 spiro atoms. The molecular weight excluding hydrogens is 370 g/mol. The third-order valence-corrected chi connectivity index (χ3v) is 6.82. The van der Waals surface area contributed by atoms with Gasteiger partial charge < -0.3 is 20.2 Å². The van der Waals surface area contributed by atoms with Crippen LogP contribution in [0.4, 0.5) is 16.2 Å². The van der Waals surface area contributed by atoms with Crippen LogP contribution in [0.5, 0.6) is 5.75 Å². The number of nitrogens with zero attached hydrogens (tertiary/aromatic N) is 2. The second kappa shape index (κ2) is 8.78. The van der Waals surface area contributed by atoms with Gasteiger partial charge in [-0.1, -0.05) is 18.9 Å². The van der Waals surface area contributed by atoms with Gasteiger partial charge in [-0.2, -0.15) is 0 Å². The van der Waals surface area contributed by atoms with Gasteiger partial charge in [0, 0.05) is 53.8 Å². The van der Waals surface area contributed by atoms with E-state index in [1.165, 1.54) is 30.6 Å². The van der Waals surface area contributed by atoms with Crippen molar-refractivity contribution in [1.82, 2.24) is 4.90 Å². The number of anilines is 2. The number of hydrogen-bond donors (Lipinski definition) is 2. The highest BCUT2D eigenvalue weighted by Crippen LogP contribution is 2.35. The summed E-state index contributed by atoms with van der Waals surface area (Å²) in [5.74, 6) is 0.271. The van der Waals surface area contributed by atoms with Crippen LogP contribution in [0.15, 0.2) is 53.4 Å². The lowest BCUT2D eigenvalue weighted by Crippen LogP contribution is -2.50. The molecule has 0 unspecified atom stereocenters. The van der Waals surface area contributed by atoms with Gasteiger partial charge in [0.05, 0.1) is 0 Å². The molecule has 1 saturated heterocycles. The Morgan fingerprint density at radius 2 is 1.71 bits per heavy atom. The lowest BCUT2D eigenvalue weighted by atomic mass is 10.2. The number of nitrogens with one attached hydrogen (secondary N) is 1. The van der Waals surface area contributed by atoms with Gasteiger partial charge in [-0.3, -0.25) is 0 Å². The number of phenols is 1. The number of urea groups is 1. The summed E-state index contributed by atoms with van der Waals surface area (Å²) in [6.45, 7) is 2.84. The van der Waals surface area contributed by atoms with Gasteiger partial charge in [0.25, 0.3) is 0 Å². The molecule has 2 amide bonds. The maximum absolute atomic E-state index is 12.6. The molecule has 5 nitrogen and oxygen atoms in total. The minimum Gasteiger partial charge on any atom is -0.508 e. The summed E-state index contributed by atoms with van der Waals surface area (Å²) in [7, 11) is 0. The molecule has 4 rings (SSSR count). The van der Waals surface area contributed by atoms with Crippen molar-refractivity contribution in [3.8, 4) is 5.75 Å². The van der Waals surface area contributed by atoms with Gasteiger partial charge in [-0.05, 0) is 49.2 Å². The molecule has 6 heteroatoms. The summed E-state index contributed by atoms with van der Waals surface area (Å²) in [5, 5.41) is 13.4. The van der Waals surface area contributed by atoms with E-state index in [1.807, 2.05) is 40.9 Å². The van der Waals surface area contributed by atoms with Crippen molar-refractivity contribution in [2.75, 3.05) is 36.4 Å². The van der Waals surface area contributed by atoms with E-state index in [0.717, 1.165) is 29.7 Å². The van der Waals surface area contributed by atoms with E-state index in [2.05, 4.69) is 22.3 Å². The number of aromatic hydroxyl groups is 1. The van der Waals surface area contributed by atoms with Crippen molar-refractivity contribution in [1.29, 1.82) is 0 Å². The van der Waals surface area contributed by atoms with Crippen molar-refractivity contribution in [2.24, 2.45) is 0 Å². The number of carbonyl (C=O) groups is 1. The maximum atomic E-state index is 12.6. The van der Waals surface area contributed by atoms with Crippen LogP contribution in [-0.2, 0) is 0 Å². The average Bonchev–Trinajstić information content (AvgIpc) is 3.23. The molecule has 0 aromatic heterocycles. The molecule has 148 valence electrons. The van der Waals surface area contributed by atoms with Crippen molar-refractivity contribution in [3.63, 3.8) is 0 Å². The predicted molar refractivity (Wildman–Crippen MR) is 115 cm³/mol. The van der Waals surface area contributed by atoms with Crippen LogP contribution in [0.2, 0.25) is 0 Å². The minimum absolute atomic E-state index is 0.0493. The van der Waals surface area contributed by atoms with Crippen LogP contribution in [0.1, 0.15) is 25.7 Å². The Morgan fingerprint density at radius 3 is 2.39 bits per heavy atom. The van der Waals surface area contributed by atoms with Crippen molar-refractivity contribution >= 4 is 29.2 Å². The summed E-state index contributed by atoms with van der Waals surface area (Å²) in [6, 6.07) is 15.4. The SMILES string of the molecule is O=C(Nc1ccc(SC2CCCC2)cc1)N1CCN(c2cccc(O)c2)CC1. The fourth-order valence-electron chi connectivity index (χ4n) is 3.88. The lowest BCUT2D eigenvalue weighted by Gasteiger charge is -2.36. The zero-order valence-corrected chi connectivity index (χ0v) is 16.8. The van der Waals surface area contributed by atoms with Gasteiger partial charge >= 0.3 is 6.03 Å². The number of amides is 2. The number of rotatable bonds is 4. The first-order valence-corrected chi connectivity index (χ1v) is 10.9. The van der Waals surface area contributed by atoms with Crippen molar-refractivity contribution in [2.45, 2.75) is 35.8 Å². The molecule has 0 radical (unpaired) electrons. The molecule has 1 aliphatic heterocycles. The number of carbonyl (C=O) groups excluding carboxylic acids is 1. The molecule has 2 fully saturated rings. The molecule has 0 bridgehead atoms. The summed E-state index contributed by atoms with van der Waals surface area (Å²) in [6.07, 6.45) is 5.34. The van der Waals surface area contributed by atoms with Crippen LogP contribution < -0.4 is 10.2 Å². The molecule has 1 saturated carbocycles. The van der Waals surface area contributed by atoms with Crippen LogP contribution in [0.3, 0.4) is 0 Å². The summed E-state index contributed by atoms with van der Waals surface area (Å²) in [5.41, 5.74) is 1.84. The zero-order chi connectivity index (χ0) is 19.3. The van der Waals surface area contributed by atoms with Gasteiger partial charge in [0.2, 0.25) is 0 Å². The Labute approximate surface area is 170 Å². The van der Waals surface area contributed by atoms with Gasteiger partial charge in [-0.25, -0.2) is 4.79 Å². The summed E-state index contributed by atoms with van der Waals surface area (Å²) >= 11 is 1.96. The third-order valence-electron chi connectivity index (χ3n) is 5.47. The normalized spacial score (nSPS) is 17.7. The fourth-order valence-corrected chi connectivity index (χ4v) is 5.12. The first kappa shape index (κ1) is 19.0. The molecule has 1 heterocycles. The Morgan fingerprint density at radius 1 is 1.00 bits per heavy atom. The molecule has 2 aliphatic rings. The van der Waals surface area contributed by atoms with Crippen LogP contribution in [0, 0.1) is 0 Å². The van der Waals surface area contributed by atoms with Crippen LogP contribution in [0.25, 0.3) is 0 Å². The summed E-state index contributed by atoms with van der Waals surface area (Å²) in [4.78, 5) is 17.9. The van der Waals surface area contributed by atoms with E-state index in [1.54, 1.807) is 12.1 Å². The van der Waals surface area contributed by atoms with E-state index in [0.29, 0.717) is 13.1 Å². The minimum atomic E-state index is -0.0493.